The van der Waals surface area contributed by atoms with E-state index < -0.39 is 6.10 Å². The maximum Gasteiger partial charge on any atom is 0.0855 e. The van der Waals surface area contributed by atoms with Crippen LogP contribution in [0.3, 0.4) is 0 Å². The SMILES string of the molecule is Cc1ccccc1C(O)C(C)(C)CN. The predicted molar refractivity (Wildman–Crippen MR) is 59.0 cm³/mol. The minimum absolute atomic E-state index is 0.272. The molecule has 0 spiro atoms. The first-order chi connectivity index (χ1) is 6.49. The Bertz CT molecular complexity index is 307. The molecular weight excluding hydrogens is 174 g/mol. The van der Waals surface area contributed by atoms with Gasteiger partial charge in [-0.05, 0) is 18.1 Å². The number of hydrogen-bond acceptors (Lipinski definition) is 2. The van der Waals surface area contributed by atoms with Gasteiger partial charge in [-0.1, -0.05) is 38.1 Å². The summed E-state index contributed by atoms with van der Waals surface area (Å²) in [4.78, 5) is 0. The third-order valence-corrected chi connectivity index (χ3v) is 2.75. The van der Waals surface area contributed by atoms with Crippen molar-refractivity contribution in [2.24, 2.45) is 11.1 Å². The summed E-state index contributed by atoms with van der Waals surface area (Å²) < 4.78 is 0. The highest BCUT2D eigenvalue weighted by Gasteiger charge is 2.28. The van der Waals surface area contributed by atoms with Crippen LogP contribution in [0.4, 0.5) is 0 Å². The van der Waals surface area contributed by atoms with Crippen molar-refractivity contribution in [1.29, 1.82) is 0 Å². The van der Waals surface area contributed by atoms with E-state index in [9.17, 15) is 5.11 Å². The molecule has 0 aliphatic carbocycles. The van der Waals surface area contributed by atoms with Crippen molar-refractivity contribution in [3.05, 3.63) is 35.4 Å². The number of rotatable bonds is 3. The summed E-state index contributed by atoms with van der Waals surface area (Å²) in [6, 6.07) is 7.88. The Morgan fingerprint density at radius 1 is 1.36 bits per heavy atom. The smallest absolute Gasteiger partial charge is 0.0855 e. The van der Waals surface area contributed by atoms with E-state index in [1.165, 1.54) is 0 Å². The molecule has 1 aromatic carbocycles. The lowest BCUT2D eigenvalue weighted by Crippen LogP contribution is -2.31. The third-order valence-electron chi connectivity index (χ3n) is 2.75. The van der Waals surface area contributed by atoms with Gasteiger partial charge in [-0.3, -0.25) is 0 Å². The number of aliphatic hydroxyl groups is 1. The first-order valence-corrected chi connectivity index (χ1v) is 4.92. The van der Waals surface area contributed by atoms with Crippen LogP contribution in [-0.2, 0) is 0 Å². The second-order valence-electron chi connectivity index (χ2n) is 4.45. The highest BCUT2D eigenvalue weighted by atomic mass is 16.3. The van der Waals surface area contributed by atoms with Gasteiger partial charge in [-0.2, -0.15) is 0 Å². The molecule has 1 atom stereocenters. The molecule has 0 saturated carbocycles. The molecule has 3 N–H and O–H groups in total. The van der Waals surface area contributed by atoms with Crippen LogP contribution in [0.25, 0.3) is 0 Å². The number of aliphatic hydroxyl groups excluding tert-OH is 1. The fourth-order valence-corrected chi connectivity index (χ4v) is 1.43. The zero-order valence-corrected chi connectivity index (χ0v) is 9.12. The Morgan fingerprint density at radius 2 is 1.93 bits per heavy atom. The van der Waals surface area contributed by atoms with Gasteiger partial charge in [0.05, 0.1) is 6.10 Å². The van der Waals surface area contributed by atoms with Crippen LogP contribution in [0.1, 0.15) is 31.1 Å². The van der Waals surface area contributed by atoms with Crippen LogP contribution in [0, 0.1) is 12.3 Å². The van der Waals surface area contributed by atoms with Crippen molar-refractivity contribution in [3.8, 4) is 0 Å². The lowest BCUT2D eigenvalue weighted by molar-refractivity contribution is 0.0550. The highest BCUT2D eigenvalue weighted by molar-refractivity contribution is 5.28. The summed E-state index contributed by atoms with van der Waals surface area (Å²) in [6.45, 7) is 6.43. The lowest BCUT2D eigenvalue weighted by atomic mass is 9.81. The maximum atomic E-state index is 10.1. The van der Waals surface area contributed by atoms with E-state index in [0.717, 1.165) is 11.1 Å². The number of aryl methyl sites for hydroxylation is 1. The molecule has 0 aromatic heterocycles. The summed E-state index contributed by atoms with van der Waals surface area (Å²) in [7, 11) is 0. The van der Waals surface area contributed by atoms with Crippen molar-refractivity contribution >= 4 is 0 Å². The molecule has 2 heteroatoms. The van der Waals surface area contributed by atoms with Gasteiger partial charge in [-0.25, -0.2) is 0 Å². The Balaban J connectivity index is 3.00. The summed E-state index contributed by atoms with van der Waals surface area (Å²) in [5, 5.41) is 10.1. The van der Waals surface area contributed by atoms with E-state index in [1.54, 1.807) is 0 Å². The van der Waals surface area contributed by atoms with Crippen LogP contribution in [-0.4, -0.2) is 11.7 Å². The first-order valence-electron chi connectivity index (χ1n) is 4.92. The van der Waals surface area contributed by atoms with E-state index in [0.29, 0.717) is 6.54 Å². The highest BCUT2D eigenvalue weighted by Crippen LogP contribution is 2.33. The van der Waals surface area contributed by atoms with Crippen molar-refractivity contribution in [2.75, 3.05) is 6.54 Å². The maximum absolute atomic E-state index is 10.1. The Morgan fingerprint density at radius 3 is 2.43 bits per heavy atom. The minimum Gasteiger partial charge on any atom is -0.388 e. The fraction of sp³-hybridized carbons (Fsp3) is 0.500. The Hall–Kier alpha value is -0.860. The average Bonchev–Trinajstić information content (AvgIpc) is 2.17. The van der Waals surface area contributed by atoms with Gasteiger partial charge in [0.15, 0.2) is 0 Å². The van der Waals surface area contributed by atoms with Gasteiger partial charge < -0.3 is 10.8 Å². The molecule has 1 rings (SSSR count). The molecule has 78 valence electrons. The normalized spacial score (nSPS) is 14.1. The van der Waals surface area contributed by atoms with E-state index in [2.05, 4.69) is 0 Å². The van der Waals surface area contributed by atoms with Crippen LogP contribution in [0.15, 0.2) is 24.3 Å². The van der Waals surface area contributed by atoms with E-state index in [-0.39, 0.29) is 5.41 Å². The monoisotopic (exact) mass is 193 g/mol. The van der Waals surface area contributed by atoms with Gasteiger partial charge in [-0.15, -0.1) is 0 Å². The molecular formula is C12H19NO. The molecule has 14 heavy (non-hydrogen) atoms. The number of hydrogen-bond donors (Lipinski definition) is 2. The van der Waals surface area contributed by atoms with E-state index in [4.69, 9.17) is 5.73 Å². The number of benzene rings is 1. The average molecular weight is 193 g/mol. The number of nitrogens with two attached hydrogens (primary N) is 1. The van der Waals surface area contributed by atoms with Crippen LogP contribution in [0.2, 0.25) is 0 Å². The second kappa shape index (κ2) is 4.11. The summed E-state index contributed by atoms with van der Waals surface area (Å²) >= 11 is 0. The minimum atomic E-state index is -0.492. The van der Waals surface area contributed by atoms with Gasteiger partial charge in [0.1, 0.15) is 0 Å². The lowest BCUT2D eigenvalue weighted by Gasteiger charge is -2.30. The molecule has 0 bridgehead atoms. The molecule has 0 aliphatic rings. The Kier molecular flexibility index (Phi) is 3.29. The Labute approximate surface area is 85.8 Å². The molecule has 0 fully saturated rings. The van der Waals surface area contributed by atoms with Crippen LogP contribution < -0.4 is 5.73 Å². The molecule has 1 unspecified atom stereocenters. The molecule has 0 amide bonds. The van der Waals surface area contributed by atoms with Crippen molar-refractivity contribution in [1.82, 2.24) is 0 Å². The standard InChI is InChI=1S/C12H19NO/c1-9-6-4-5-7-10(9)11(14)12(2,3)8-13/h4-7,11,14H,8,13H2,1-3H3. The zero-order valence-electron chi connectivity index (χ0n) is 9.12. The predicted octanol–water partition coefficient (Wildman–Crippen LogP) is 2.01. The molecule has 2 nitrogen and oxygen atoms in total. The third kappa shape index (κ3) is 2.14. The molecule has 0 aliphatic heterocycles. The van der Waals surface area contributed by atoms with E-state index in [1.807, 2.05) is 45.0 Å². The molecule has 0 radical (unpaired) electrons. The summed E-state index contributed by atoms with van der Waals surface area (Å²) in [5.41, 5.74) is 7.45. The van der Waals surface area contributed by atoms with Crippen molar-refractivity contribution in [3.63, 3.8) is 0 Å². The van der Waals surface area contributed by atoms with Crippen LogP contribution >= 0.6 is 0 Å². The molecule has 0 heterocycles. The zero-order chi connectivity index (χ0) is 10.8. The second-order valence-corrected chi connectivity index (χ2v) is 4.45. The molecule has 0 saturated heterocycles. The van der Waals surface area contributed by atoms with Gasteiger partial charge in [0.25, 0.3) is 0 Å². The van der Waals surface area contributed by atoms with E-state index >= 15 is 0 Å². The van der Waals surface area contributed by atoms with Gasteiger partial charge >= 0.3 is 0 Å². The summed E-state index contributed by atoms with van der Waals surface area (Å²) in [6.07, 6.45) is -0.492. The molecule has 1 aromatic rings. The summed E-state index contributed by atoms with van der Waals surface area (Å²) in [5.74, 6) is 0. The largest absolute Gasteiger partial charge is 0.388 e. The van der Waals surface area contributed by atoms with Gasteiger partial charge in [0, 0.05) is 12.0 Å². The first kappa shape index (κ1) is 11.2. The fourth-order valence-electron chi connectivity index (χ4n) is 1.43. The van der Waals surface area contributed by atoms with Crippen LogP contribution in [0.5, 0.6) is 0 Å². The quantitative estimate of drug-likeness (QED) is 0.771. The topological polar surface area (TPSA) is 46.2 Å². The van der Waals surface area contributed by atoms with Gasteiger partial charge in [0.2, 0.25) is 0 Å². The van der Waals surface area contributed by atoms with Crippen molar-refractivity contribution in [2.45, 2.75) is 26.9 Å². The van der Waals surface area contributed by atoms with Crippen molar-refractivity contribution < 1.29 is 5.11 Å².